The third kappa shape index (κ3) is 2.19. The zero-order chi connectivity index (χ0) is 16.1. The number of nitrogens with zero attached hydrogens (tertiary/aromatic N) is 3. The molecular weight excluding hydrogens is 324 g/mol. The van der Waals surface area contributed by atoms with Gasteiger partial charge in [-0.1, -0.05) is 35.9 Å². The number of piperidine rings is 3. The minimum Gasteiger partial charge on any atom is -0.455 e. The number of pyridine rings is 1. The van der Waals surface area contributed by atoms with Crippen molar-refractivity contribution in [1.82, 2.24) is 9.88 Å². The number of benzene rings is 1. The van der Waals surface area contributed by atoms with E-state index in [1.807, 2.05) is 30.5 Å². The zero-order valence-corrected chi connectivity index (χ0v) is 14.1. The van der Waals surface area contributed by atoms with Crippen molar-refractivity contribution in [1.29, 1.82) is 0 Å². The number of fused-ring (bicyclic) bond motifs is 3. The van der Waals surface area contributed by atoms with Gasteiger partial charge in [-0.15, -0.1) is 0 Å². The molecule has 6 heteroatoms. The summed E-state index contributed by atoms with van der Waals surface area (Å²) >= 11 is 6.52. The van der Waals surface area contributed by atoms with Crippen LogP contribution in [0.3, 0.4) is 0 Å². The topological polar surface area (TPSA) is 49.8 Å². The lowest BCUT2D eigenvalue weighted by Gasteiger charge is -2.50. The standard InChI is InChI=1S/C18H19ClN4O/c19-15-14-4-2-1-3-12(14)9-20-16(15)22-17-21-10-18(24-17)11-23-7-5-13(18)6-8-23/h1-4,9,13H,5-8,10-11H2,(H,20,21,22)/t18-/m0/s1. The third-order valence-electron chi connectivity index (χ3n) is 5.58. The number of hydrogen-bond acceptors (Lipinski definition) is 5. The molecule has 1 N–H and O–H groups in total. The van der Waals surface area contributed by atoms with Gasteiger partial charge in [0, 0.05) is 29.4 Å². The number of halogens is 1. The van der Waals surface area contributed by atoms with Crippen LogP contribution in [0.15, 0.2) is 35.5 Å². The van der Waals surface area contributed by atoms with E-state index >= 15 is 0 Å². The van der Waals surface area contributed by atoms with Crippen molar-refractivity contribution in [2.24, 2.45) is 10.9 Å². The van der Waals surface area contributed by atoms with E-state index in [4.69, 9.17) is 16.3 Å². The molecule has 0 radical (unpaired) electrons. The minimum absolute atomic E-state index is 0.151. The molecule has 6 rings (SSSR count). The number of aliphatic imine (C=N–C) groups is 1. The van der Waals surface area contributed by atoms with E-state index in [1.54, 1.807) is 0 Å². The predicted octanol–water partition coefficient (Wildman–Crippen LogP) is 3.15. The van der Waals surface area contributed by atoms with Gasteiger partial charge in [-0.3, -0.25) is 10.2 Å². The van der Waals surface area contributed by atoms with Crippen LogP contribution in [0.2, 0.25) is 5.02 Å². The Morgan fingerprint density at radius 1 is 1.25 bits per heavy atom. The summed E-state index contributed by atoms with van der Waals surface area (Å²) in [4.78, 5) is 11.5. The molecule has 4 aliphatic heterocycles. The van der Waals surface area contributed by atoms with Crippen molar-refractivity contribution in [2.45, 2.75) is 18.4 Å². The SMILES string of the molecule is Clc1c(NC2=NC[C@@]3(CN4CCC3CC4)O2)ncc2ccccc12. The maximum Gasteiger partial charge on any atom is 0.291 e. The van der Waals surface area contributed by atoms with Gasteiger partial charge in [0.15, 0.2) is 5.82 Å². The molecule has 0 amide bonds. The lowest BCUT2D eigenvalue weighted by atomic mass is 9.75. The Kier molecular flexibility index (Phi) is 3.22. The molecule has 24 heavy (non-hydrogen) atoms. The van der Waals surface area contributed by atoms with Crippen LogP contribution in [-0.2, 0) is 4.74 Å². The fraction of sp³-hybridized carbons (Fsp3) is 0.444. The highest BCUT2D eigenvalue weighted by Crippen LogP contribution is 2.41. The number of aromatic nitrogens is 1. The summed E-state index contributed by atoms with van der Waals surface area (Å²) in [6.45, 7) is 4.08. The van der Waals surface area contributed by atoms with Crippen LogP contribution >= 0.6 is 11.6 Å². The summed E-state index contributed by atoms with van der Waals surface area (Å²) in [6.07, 6.45) is 4.23. The second-order valence-corrected chi connectivity index (χ2v) is 7.35. The highest BCUT2D eigenvalue weighted by Gasteiger charge is 2.51. The molecule has 1 spiro atoms. The van der Waals surface area contributed by atoms with Crippen LogP contribution in [0.5, 0.6) is 0 Å². The van der Waals surface area contributed by atoms with Crippen LogP contribution < -0.4 is 5.32 Å². The number of anilines is 1. The second-order valence-electron chi connectivity index (χ2n) is 6.97. The average Bonchev–Trinajstić information content (AvgIpc) is 3.01. The van der Waals surface area contributed by atoms with Gasteiger partial charge in [0.25, 0.3) is 6.02 Å². The number of nitrogens with one attached hydrogen (secondary N) is 1. The Labute approximate surface area is 145 Å². The van der Waals surface area contributed by atoms with E-state index in [2.05, 4.69) is 20.2 Å². The van der Waals surface area contributed by atoms with Gasteiger partial charge < -0.3 is 4.74 Å². The molecule has 2 aromatic rings. The number of ether oxygens (including phenoxy) is 1. The van der Waals surface area contributed by atoms with Gasteiger partial charge in [0.05, 0.1) is 11.6 Å². The Morgan fingerprint density at radius 2 is 2.08 bits per heavy atom. The number of rotatable bonds is 1. The molecule has 3 saturated heterocycles. The molecule has 4 aliphatic rings. The summed E-state index contributed by atoms with van der Waals surface area (Å²) in [7, 11) is 0. The van der Waals surface area contributed by atoms with E-state index < -0.39 is 0 Å². The normalized spacial score (nSPS) is 31.3. The molecule has 1 atom stereocenters. The van der Waals surface area contributed by atoms with E-state index in [-0.39, 0.29) is 5.60 Å². The average molecular weight is 343 g/mol. The van der Waals surface area contributed by atoms with Gasteiger partial charge in [-0.2, -0.15) is 0 Å². The fourth-order valence-corrected chi connectivity index (χ4v) is 4.53. The maximum atomic E-state index is 6.52. The Balaban J connectivity index is 1.39. The van der Waals surface area contributed by atoms with Gasteiger partial charge in [-0.25, -0.2) is 9.98 Å². The van der Waals surface area contributed by atoms with Crippen molar-refractivity contribution in [3.8, 4) is 0 Å². The molecule has 124 valence electrons. The first-order chi connectivity index (χ1) is 11.7. The van der Waals surface area contributed by atoms with Crippen LogP contribution in [-0.4, -0.2) is 47.7 Å². The minimum atomic E-state index is -0.151. The summed E-state index contributed by atoms with van der Waals surface area (Å²) in [6, 6.07) is 8.51. The Hall–Kier alpha value is -1.85. The van der Waals surface area contributed by atoms with Crippen LogP contribution in [0.1, 0.15) is 12.8 Å². The number of amidine groups is 1. The molecule has 0 unspecified atom stereocenters. The summed E-state index contributed by atoms with van der Waals surface area (Å²) in [5.41, 5.74) is -0.151. The highest BCUT2D eigenvalue weighted by molar-refractivity contribution is 6.38. The predicted molar refractivity (Wildman–Crippen MR) is 95.7 cm³/mol. The quantitative estimate of drug-likeness (QED) is 0.865. The summed E-state index contributed by atoms with van der Waals surface area (Å²) < 4.78 is 6.29. The first kappa shape index (κ1) is 14.5. The lowest BCUT2D eigenvalue weighted by molar-refractivity contribution is -0.0829. The van der Waals surface area contributed by atoms with Crippen molar-refractivity contribution in [3.05, 3.63) is 35.5 Å². The molecule has 5 nitrogen and oxygen atoms in total. The zero-order valence-electron chi connectivity index (χ0n) is 13.3. The molecule has 3 fully saturated rings. The summed E-state index contributed by atoms with van der Waals surface area (Å²) in [5.74, 6) is 1.21. The van der Waals surface area contributed by atoms with E-state index in [0.717, 1.165) is 23.9 Å². The third-order valence-corrected chi connectivity index (χ3v) is 5.96. The van der Waals surface area contributed by atoms with Gasteiger partial charge >= 0.3 is 0 Å². The largest absolute Gasteiger partial charge is 0.455 e. The molecule has 5 heterocycles. The fourth-order valence-electron chi connectivity index (χ4n) is 4.26. The Bertz CT molecular complexity index is 831. The van der Waals surface area contributed by atoms with Crippen molar-refractivity contribution in [3.63, 3.8) is 0 Å². The van der Waals surface area contributed by atoms with Crippen LogP contribution in [0.4, 0.5) is 5.82 Å². The first-order valence-corrected chi connectivity index (χ1v) is 8.87. The van der Waals surface area contributed by atoms with E-state index in [0.29, 0.717) is 22.8 Å². The van der Waals surface area contributed by atoms with E-state index in [9.17, 15) is 0 Å². The summed E-state index contributed by atoms with van der Waals surface area (Å²) in [5, 5.41) is 5.81. The molecule has 0 saturated carbocycles. The van der Waals surface area contributed by atoms with Crippen molar-refractivity contribution >= 4 is 34.2 Å². The van der Waals surface area contributed by atoms with Crippen LogP contribution in [0, 0.1) is 5.92 Å². The first-order valence-electron chi connectivity index (χ1n) is 8.50. The van der Waals surface area contributed by atoms with Crippen molar-refractivity contribution in [2.75, 3.05) is 31.5 Å². The molecule has 1 aromatic carbocycles. The lowest BCUT2D eigenvalue weighted by Crippen LogP contribution is -2.61. The monoisotopic (exact) mass is 342 g/mol. The van der Waals surface area contributed by atoms with Crippen LogP contribution in [0.25, 0.3) is 10.8 Å². The molecule has 0 aliphatic carbocycles. The Morgan fingerprint density at radius 3 is 2.88 bits per heavy atom. The van der Waals surface area contributed by atoms with Gasteiger partial charge in [-0.05, 0) is 25.9 Å². The smallest absolute Gasteiger partial charge is 0.291 e. The molecular formula is C18H19ClN4O. The molecule has 1 aromatic heterocycles. The van der Waals surface area contributed by atoms with Gasteiger partial charge in [0.1, 0.15) is 5.60 Å². The van der Waals surface area contributed by atoms with Gasteiger partial charge in [0.2, 0.25) is 0 Å². The second kappa shape index (κ2) is 5.33. The number of hydrogen-bond donors (Lipinski definition) is 1. The maximum absolute atomic E-state index is 6.52. The van der Waals surface area contributed by atoms with Crippen molar-refractivity contribution < 1.29 is 4.74 Å². The highest BCUT2D eigenvalue weighted by atomic mass is 35.5. The van der Waals surface area contributed by atoms with E-state index in [1.165, 1.54) is 25.9 Å². The molecule has 2 bridgehead atoms.